The fourth-order valence-electron chi connectivity index (χ4n) is 2.02. The summed E-state index contributed by atoms with van der Waals surface area (Å²) in [5, 5.41) is 4.15. The smallest absolute Gasteiger partial charge is 0.129 e. The second kappa shape index (κ2) is 3.87. The van der Waals surface area contributed by atoms with E-state index in [1.807, 2.05) is 0 Å². The number of hydrogen-bond acceptors (Lipinski definition) is 3. The molecule has 3 aromatic rings. The molecule has 0 saturated heterocycles. The second-order valence-electron chi connectivity index (χ2n) is 4.61. The number of aromatic amines is 1. The molecule has 18 heavy (non-hydrogen) atoms. The molecule has 0 saturated carbocycles. The Morgan fingerprint density at radius 2 is 2.06 bits per heavy atom. The van der Waals surface area contributed by atoms with Crippen LogP contribution in [0.5, 0.6) is 0 Å². The van der Waals surface area contributed by atoms with E-state index in [1.165, 1.54) is 11.1 Å². The molecule has 0 unspecified atom stereocenters. The van der Waals surface area contributed by atoms with Crippen molar-refractivity contribution in [2.75, 3.05) is 5.73 Å². The lowest BCUT2D eigenvalue weighted by Gasteiger charge is -1.97. The average molecular weight is 241 g/mol. The van der Waals surface area contributed by atoms with Gasteiger partial charge in [-0.25, -0.2) is 4.98 Å². The third-order valence-corrected chi connectivity index (χ3v) is 3.11. The highest BCUT2D eigenvalue weighted by atomic mass is 15.3. The van der Waals surface area contributed by atoms with Crippen LogP contribution in [0.1, 0.15) is 17.0 Å². The summed E-state index contributed by atoms with van der Waals surface area (Å²) in [6.45, 7) is 4.80. The maximum absolute atomic E-state index is 5.63. The van der Waals surface area contributed by atoms with Crippen LogP contribution >= 0.6 is 0 Å². The molecule has 5 nitrogen and oxygen atoms in total. The zero-order valence-corrected chi connectivity index (χ0v) is 10.4. The highest BCUT2D eigenvalue weighted by Crippen LogP contribution is 2.17. The maximum atomic E-state index is 5.63. The van der Waals surface area contributed by atoms with Gasteiger partial charge in [-0.3, -0.25) is 4.68 Å². The number of rotatable bonds is 2. The van der Waals surface area contributed by atoms with Crippen LogP contribution in [0.4, 0.5) is 5.69 Å². The maximum Gasteiger partial charge on any atom is 0.129 e. The SMILES string of the molecule is Cc1cc2nc(Cn3cc(N)cn3)[nH]c2cc1C. The highest BCUT2D eigenvalue weighted by Gasteiger charge is 2.06. The number of aryl methyl sites for hydroxylation is 2. The molecule has 0 atom stereocenters. The van der Waals surface area contributed by atoms with Crippen LogP contribution in [-0.4, -0.2) is 19.7 Å². The van der Waals surface area contributed by atoms with Crippen molar-refractivity contribution in [3.8, 4) is 0 Å². The van der Waals surface area contributed by atoms with Crippen LogP contribution in [0.15, 0.2) is 24.5 Å². The molecule has 0 aliphatic carbocycles. The Labute approximate surface area is 105 Å². The van der Waals surface area contributed by atoms with E-state index in [9.17, 15) is 0 Å². The van der Waals surface area contributed by atoms with Gasteiger partial charge in [0.1, 0.15) is 5.82 Å². The van der Waals surface area contributed by atoms with Crippen molar-refractivity contribution in [3.05, 3.63) is 41.5 Å². The van der Waals surface area contributed by atoms with Gasteiger partial charge in [0.2, 0.25) is 0 Å². The Morgan fingerprint density at radius 1 is 1.28 bits per heavy atom. The highest BCUT2D eigenvalue weighted by molar-refractivity contribution is 5.77. The summed E-state index contributed by atoms with van der Waals surface area (Å²) in [5.41, 5.74) is 10.9. The van der Waals surface area contributed by atoms with E-state index < -0.39 is 0 Å². The number of anilines is 1. The Kier molecular flexibility index (Phi) is 2.33. The Morgan fingerprint density at radius 3 is 2.78 bits per heavy atom. The molecule has 2 heterocycles. The molecule has 0 aliphatic heterocycles. The molecule has 3 N–H and O–H groups in total. The van der Waals surface area contributed by atoms with Gasteiger partial charge in [0.25, 0.3) is 0 Å². The molecule has 0 bridgehead atoms. The van der Waals surface area contributed by atoms with Gasteiger partial charge in [-0.15, -0.1) is 0 Å². The first-order valence-corrected chi connectivity index (χ1v) is 5.85. The number of hydrogen-bond donors (Lipinski definition) is 2. The van der Waals surface area contributed by atoms with Crippen LogP contribution in [-0.2, 0) is 6.54 Å². The minimum atomic E-state index is 0.601. The molecule has 92 valence electrons. The van der Waals surface area contributed by atoms with Crippen molar-refractivity contribution < 1.29 is 0 Å². The monoisotopic (exact) mass is 241 g/mol. The molecule has 0 amide bonds. The lowest BCUT2D eigenvalue weighted by Crippen LogP contribution is -2.01. The molecule has 5 heteroatoms. The number of fused-ring (bicyclic) bond motifs is 1. The van der Waals surface area contributed by atoms with Crippen molar-refractivity contribution in [3.63, 3.8) is 0 Å². The first kappa shape index (κ1) is 10.8. The van der Waals surface area contributed by atoms with E-state index in [1.54, 1.807) is 17.1 Å². The molecular formula is C13H15N5. The molecule has 1 aromatic carbocycles. The predicted octanol–water partition coefficient (Wildman–Crippen LogP) is 2.01. The van der Waals surface area contributed by atoms with Crippen molar-refractivity contribution in [2.45, 2.75) is 20.4 Å². The van der Waals surface area contributed by atoms with Crippen molar-refractivity contribution in [1.29, 1.82) is 0 Å². The van der Waals surface area contributed by atoms with Crippen LogP contribution in [0.3, 0.4) is 0 Å². The summed E-state index contributed by atoms with van der Waals surface area (Å²) in [6, 6.07) is 4.22. The third kappa shape index (κ3) is 1.84. The molecule has 2 aromatic heterocycles. The van der Waals surface area contributed by atoms with Crippen LogP contribution in [0.2, 0.25) is 0 Å². The predicted molar refractivity (Wildman–Crippen MR) is 71.3 cm³/mol. The van der Waals surface area contributed by atoms with Gasteiger partial charge >= 0.3 is 0 Å². The number of nitrogens with zero attached hydrogens (tertiary/aromatic N) is 3. The van der Waals surface area contributed by atoms with Gasteiger partial charge in [-0.2, -0.15) is 5.10 Å². The van der Waals surface area contributed by atoms with E-state index in [4.69, 9.17) is 5.73 Å². The molecular weight excluding hydrogens is 226 g/mol. The van der Waals surface area contributed by atoms with Crippen molar-refractivity contribution in [2.24, 2.45) is 0 Å². The third-order valence-electron chi connectivity index (χ3n) is 3.11. The summed E-state index contributed by atoms with van der Waals surface area (Å²) < 4.78 is 1.77. The van der Waals surface area contributed by atoms with E-state index in [2.05, 4.69) is 41.0 Å². The normalized spacial score (nSPS) is 11.2. The van der Waals surface area contributed by atoms with Gasteiger partial charge in [0, 0.05) is 6.20 Å². The zero-order chi connectivity index (χ0) is 12.7. The minimum Gasteiger partial charge on any atom is -0.396 e. The second-order valence-corrected chi connectivity index (χ2v) is 4.61. The molecule has 0 aliphatic rings. The molecule has 3 rings (SSSR count). The number of benzene rings is 1. The Balaban J connectivity index is 1.98. The number of nitrogens with two attached hydrogens (primary N) is 1. The number of imidazole rings is 1. The summed E-state index contributed by atoms with van der Waals surface area (Å²) in [7, 11) is 0. The van der Waals surface area contributed by atoms with E-state index in [-0.39, 0.29) is 0 Å². The van der Waals surface area contributed by atoms with Gasteiger partial charge < -0.3 is 10.7 Å². The minimum absolute atomic E-state index is 0.601. The number of nitrogens with one attached hydrogen (secondary N) is 1. The summed E-state index contributed by atoms with van der Waals surface area (Å²) in [4.78, 5) is 7.87. The number of nitrogen functional groups attached to an aromatic ring is 1. The largest absolute Gasteiger partial charge is 0.396 e. The fraction of sp³-hybridized carbons (Fsp3) is 0.231. The standard InChI is InChI=1S/C13H15N5/c1-8-3-11-12(4-9(8)2)17-13(16-11)7-18-6-10(14)5-15-18/h3-6H,7,14H2,1-2H3,(H,16,17). The summed E-state index contributed by atoms with van der Waals surface area (Å²) in [5.74, 6) is 0.887. The first-order valence-electron chi connectivity index (χ1n) is 5.85. The Bertz CT molecular complexity index is 668. The summed E-state index contributed by atoms with van der Waals surface area (Å²) >= 11 is 0. The van der Waals surface area contributed by atoms with Gasteiger partial charge in [-0.1, -0.05) is 0 Å². The lowest BCUT2D eigenvalue weighted by atomic mass is 10.1. The van der Waals surface area contributed by atoms with Crippen LogP contribution in [0.25, 0.3) is 11.0 Å². The fourth-order valence-corrected chi connectivity index (χ4v) is 2.02. The van der Waals surface area contributed by atoms with Crippen LogP contribution in [0, 0.1) is 13.8 Å². The zero-order valence-electron chi connectivity index (χ0n) is 10.4. The van der Waals surface area contributed by atoms with E-state index in [0.29, 0.717) is 12.2 Å². The topological polar surface area (TPSA) is 72.5 Å². The van der Waals surface area contributed by atoms with Gasteiger partial charge in [0.05, 0.1) is 29.5 Å². The van der Waals surface area contributed by atoms with Crippen molar-refractivity contribution >= 4 is 16.7 Å². The van der Waals surface area contributed by atoms with Gasteiger partial charge in [0.15, 0.2) is 0 Å². The van der Waals surface area contributed by atoms with Gasteiger partial charge in [-0.05, 0) is 37.1 Å². The Hall–Kier alpha value is -2.30. The van der Waals surface area contributed by atoms with Crippen molar-refractivity contribution in [1.82, 2.24) is 19.7 Å². The van der Waals surface area contributed by atoms with E-state index >= 15 is 0 Å². The number of H-pyrrole nitrogens is 1. The average Bonchev–Trinajstić information content (AvgIpc) is 2.86. The molecule has 0 spiro atoms. The van der Waals surface area contributed by atoms with E-state index in [0.717, 1.165) is 16.9 Å². The number of aromatic nitrogens is 4. The van der Waals surface area contributed by atoms with Crippen LogP contribution < -0.4 is 5.73 Å². The molecule has 0 fully saturated rings. The quantitative estimate of drug-likeness (QED) is 0.720. The summed E-state index contributed by atoms with van der Waals surface area (Å²) in [6.07, 6.45) is 3.43. The lowest BCUT2D eigenvalue weighted by molar-refractivity contribution is 0.663. The first-order chi connectivity index (χ1) is 8.61. The molecule has 0 radical (unpaired) electrons.